The van der Waals surface area contributed by atoms with Gasteiger partial charge in [0.2, 0.25) is 0 Å². The second kappa shape index (κ2) is 52.0. The van der Waals surface area contributed by atoms with E-state index >= 15 is 0 Å². The van der Waals surface area contributed by atoms with Crippen molar-refractivity contribution in [1.29, 1.82) is 0 Å². The molecular weight excluding hydrogens is 793 g/mol. The number of rotatable bonds is 46. The molecule has 0 bridgehead atoms. The Morgan fingerprint density at radius 3 is 1.05 bits per heavy atom. The van der Waals surface area contributed by atoms with Crippen LogP contribution in [0.1, 0.15) is 233 Å². The van der Waals surface area contributed by atoms with E-state index in [4.69, 9.17) is 14.2 Å². The van der Waals surface area contributed by atoms with Crippen molar-refractivity contribution in [3.05, 3.63) is 97.2 Å². The molecular formula is C58H96O6. The van der Waals surface area contributed by atoms with Crippen molar-refractivity contribution in [2.75, 3.05) is 13.2 Å². The second-order valence-electron chi connectivity index (χ2n) is 17.1. The lowest BCUT2D eigenvalue weighted by molar-refractivity contribution is -0.166. The second-order valence-corrected chi connectivity index (χ2v) is 17.1. The highest BCUT2D eigenvalue weighted by Crippen LogP contribution is 2.14. The van der Waals surface area contributed by atoms with E-state index in [2.05, 4.69) is 106 Å². The number of esters is 3. The van der Waals surface area contributed by atoms with Crippen LogP contribution in [0, 0.1) is 0 Å². The van der Waals surface area contributed by atoms with Crippen LogP contribution in [0.5, 0.6) is 0 Å². The van der Waals surface area contributed by atoms with E-state index in [1.165, 1.54) is 103 Å². The maximum absolute atomic E-state index is 12.7. The van der Waals surface area contributed by atoms with E-state index < -0.39 is 12.1 Å². The first kappa shape index (κ1) is 60.3. The quantitative estimate of drug-likeness (QED) is 0.0262. The predicted molar refractivity (Wildman–Crippen MR) is 274 cm³/mol. The zero-order valence-corrected chi connectivity index (χ0v) is 41.5. The van der Waals surface area contributed by atoms with Crippen LogP contribution in [-0.4, -0.2) is 37.2 Å². The lowest BCUT2D eigenvalue weighted by atomic mass is 10.1. The number of hydrogen-bond acceptors (Lipinski definition) is 6. The van der Waals surface area contributed by atoms with Crippen molar-refractivity contribution in [2.24, 2.45) is 0 Å². The maximum Gasteiger partial charge on any atom is 0.310 e. The molecule has 0 aliphatic carbocycles. The van der Waals surface area contributed by atoms with Crippen molar-refractivity contribution in [3.63, 3.8) is 0 Å². The molecule has 6 nitrogen and oxygen atoms in total. The van der Waals surface area contributed by atoms with Crippen LogP contribution in [0.4, 0.5) is 0 Å². The summed E-state index contributed by atoms with van der Waals surface area (Å²) in [5, 5.41) is 0. The normalized spacial score (nSPS) is 12.9. The zero-order chi connectivity index (χ0) is 46.5. The SMILES string of the molecule is CC/C=C\C/C=C\C/C=C\C/C=C\C/C=C\CC(=O)OC(COC(=O)CCCCCCC/C=C\CCCCC)COC(=O)CCCCCCCCCCC/C=C\C/C=C\CCCCC. The Balaban J connectivity index is 4.48. The molecule has 0 amide bonds. The van der Waals surface area contributed by atoms with Crippen LogP contribution in [0.2, 0.25) is 0 Å². The van der Waals surface area contributed by atoms with Crippen LogP contribution in [0.15, 0.2) is 97.2 Å². The van der Waals surface area contributed by atoms with Crippen molar-refractivity contribution in [2.45, 2.75) is 239 Å². The number of ether oxygens (including phenoxy) is 3. The van der Waals surface area contributed by atoms with Gasteiger partial charge in [-0.05, 0) is 103 Å². The Labute approximate surface area is 394 Å². The fourth-order valence-corrected chi connectivity index (χ4v) is 6.89. The van der Waals surface area contributed by atoms with Gasteiger partial charge in [0.05, 0.1) is 6.42 Å². The summed E-state index contributed by atoms with van der Waals surface area (Å²) in [5.41, 5.74) is 0. The van der Waals surface area contributed by atoms with Gasteiger partial charge in [0, 0.05) is 12.8 Å². The lowest BCUT2D eigenvalue weighted by Gasteiger charge is -2.18. The molecule has 0 aromatic rings. The number of hydrogen-bond donors (Lipinski definition) is 0. The van der Waals surface area contributed by atoms with Crippen LogP contribution < -0.4 is 0 Å². The van der Waals surface area contributed by atoms with Gasteiger partial charge >= 0.3 is 17.9 Å². The highest BCUT2D eigenvalue weighted by Gasteiger charge is 2.19. The molecule has 1 unspecified atom stereocenters. The summed E-state index contributed by atoms with van der Waals surface area (Å²) in [6.07, 6.45) is 68.4. The highest BCUT2D eigenvalue weighted by molar-refractivity contribution is 5.72. The molecule has 0 fully saturated rings. The Morgan fingerprint density at radius 1 is 0.344 bits per heavy atom. The van der Waals surface area contributed by atoms with Crippen LogP contribution in [0.25, 0.3) is 0 Å². The fraction of sp³-hybridized carbons (Fsp3) is 0.672. The standard InChI is InChI=1S/C58H96O6/c1-4-7-10-13-16-19-22-25-27-28-29-30-32-33-36-39-42-45-48-51-57(60)63-54-55(53-62-56(59)50-47-44-41-38-35-24-21-18-15-12-9-6-3)64-58(61)52-49-46-43-40-37-34-31-26-23-20-17-14-11-8-5-2/h8,11,16-21,25-27,31,37,40,46,49,55H,4-7,9-10,12-15,22-24,28-30,32-36,38-39,41-45,47-48,50-54H2,1-3H3/b11-8-,19-16-,20-17-,21-18-,27-25-,31-26-,40-37-,49-46-. The molecule has 6 heteroatoms. The Kier molecular flexibility index (Phi) is 49.0. The average molecular weight is 889 g/mol. The van der Waals surface area contributed by atoms with Gasteiger partial charge in [-0.15, -0.1) is 0 Å². The molecule has 0 aliphatic heterocycles. The van der Waals surface area contributed by atoms with Crippen LogP contribution in [-0.2, 0) is 28.6 Å². The molecule has 0 aromatic carbocycles. The smallest absolute Gasteiger partial charge is 0.310 e. The van der Waals surface area contributed by atoms with E-state index in [1.54, 1.807) is 6.08 Å². The van der Waals surface area contributed by atoms with Gasteiger partial charge in [-0.3, -0.25) is 14.4 Å². The Morgan fingerprint density at radius 2 is 0.656 bits per heavy atom. The zero-order valence-electron chi connectivity index (χ0n) is 41.5. The number of carbonyl (C=O) groups is 3. The monoisotopic (exact) mass is 889 g/mol. The first-order chi connectivity index (χ1) is 31.5. The first-order valence-corrected chi connectivity index (χ1v) is 26.2. The molecule has 0 aliphatic rings. The van der Waals surface area contributed by atoms with Crippen LogP contribution in [0.3, 0.4) is 0 Å². The lowest BCUT2D eigenvalue weighted by Crippen LogP contribution is -2.30. The highest BCUT2D eigenvalue weighted by atomic mass is 16.6. The summed E-state index contributed by atoms with van der Waals surface area (Å²) in [6, 6.07) is 0. The Bertz CT molecular complexity index is 1300. The van der Waals surface area contributed by atoms with Crippen molar-refractivity contribution in [1.82, 2.24) is 0 Å². The minimum atomic E-state index is -0.837. The van der Waals surface area contributed by atoms with E-state index in [0.717, 1.165) is 89.9 Å². The minimum absolute atomic E-state index is 0.0925. The number of allylic oxidation sites excluding steroid dienone is 15. The topological polar surface area (TPSA) is 78.9 Å². The summed E-state index contributed by atoms with van der Waals surface area (Å²) in [7, 11) is 0. The van der Waals surface area contributed by atoms with Crippen LogP contribution >= 0.6 is 0 Å². The van der Waals surface area contributed by atoms with Gasteiger partial charge in [-0.2, -0.15) is 0 Å². The molecule has 0 spiro atoms. The predicted octanol–water partition coefficient (Wildman–Crippen LogP) is 17.4. The summed E-state index contributed by atoms with van der Waals surface area (Å²) in [5.74, 6) is -1.07. The van der Waals surface area contributed by atoms with Gasteiger partial charge in [0.1, 0.15) is 13.2 Å². The molecule has 0 saturated carbocycles. The third-order valence-corrected chi connectivity index (χ3v) is 10.8. The molecule has 364 valence electrons. The van der Waals surface area contributed by atoms with Crippen molar-refractivity contribution in [3.8, 4) is 0 Å². The van der Waals surface area contributed by atoms with Gasteiger partial charge in [0.25, 0.3) is 0 Å². The number of carbonyl (C=O) groups excluding carboxylic acids is 3. The largest absolute Gasteiger partial charge is 0.462 e. The third-order valence-electron chi connectivity index (χ3n) is 10.8. The van der Waals surface area contributed by atoms with E-state index in [9.17, 15) is 14.4 Å². The minimum Gasteiger partial charge on any atom is -0.462 e. The summed E-state index contributed by atoms with van der Waals surface area (Å²) >= 11 is 0. The molecule has 0 N–H and O–H groups in total. The molecule has 1 atom stereocenters. The molecule has 0 aromatic heterocycles. The Hall–Kier alpha value is -3.67. The first-order valence-electron chi connectivity index (χ1n) is 26.2. The summed E-state index contributed by atoms with van der Waals surface area (Å²) in [6.45, 7) is 6.37. The van der Waals surface area contributed by atoms with Crippen molar-refractivity contribution >= 4 is 17.9 Å². The van der Waals surface area contributed by atoms with E-state index in [1.807, 2.05) is 6.08 Å². The molecule has 0 heterocycles. The summed E-state index contributed by atoms with van der Waals surface area (Å²) < 4.78 is 16.7. The van der Waals surface area contributed by atoms with E-state index in [0.29, 0.717) is 12.8 Å². The third kappa shape index (κ3) is 49.3. The average Bonchev–Trinajstić information content (AvgIpc) is 3.29. The van der Waals surface area contributed by atoms with Gasteiger partial charge < -0.3 is 14.2 Å². The molecule has 0 saturated heterocycles. The molecule has 64 heavy (non-hydrogen) atoms. The number of unbranched alkanes of at least 4 members (excludes halogenated alkanes) is 20. The van der Waals surface area contributed by atoms with Crippen molar-refractivity contribution < 1.29 is 28.6 Å². The van der Waals surface area contributed by atoms with E-state index in [-0.39, 0.29) is 31.6 Å². The van der Waals surface area contributed by atoms with Gasteiger partial charge in [0.15, 0.2) is 6.10 Å². The van der Waals surface area contributed by atoms with Gasteiger partial charge in [-0.25, -0.2) is 0 Å². The maximum atomic E-state index is 12.7. The molecule has 0 rings (SSSR count). The fourth-order valence-electron chi connectivity index (χ4n) is 6.89. The molecule has 0 radical (unpaired) electrons. The van der Waals surface area contributed by atoms with Gasteiger partial charge in [-0.1, -0.05) is 208 Å². The summed E-state index contributed by atoms with van der Waals surface area (Å²) in [4.78, 5) is 37.9.